The number of hydrogen-bond donors (Lipinski definition) is 2. The fraction of sp³-hybridized carbons (Fsp3) is 0.176. The quantitative estimate of drug-likeness (QED) is 0.592. The molecule has 0 amide bonds. The first-order valence-corrected chi connectivity index (χ1v) is 9.89. The fourth-order valence-electron chi connectivity index (χ4n) is 2.63. The van der Waals surface area contributed by atoms with Gasteiger partial charge in [0.2, 0.25) is 0 Å². The van der Waals surface area contributed by atoms with Gasteiger partial charge in [-0.25, -0.2) is 14.8 Å². The lowest BCUT2D eigenvalue weighted by Gasteiger charge is -2.03. The highest BCUT2D eigenvalue weighted by Gasteiger charge is 2.16. The summed E-state index contributed by atoms with van der Waals surface area (Å²) in [7, 11) is 0. The van der Waals surface area contributed by atoms with Crippen LogP contribution in [0.3, 0.4) is 0 Å². The summed E-state index contributed by atoms with van der Waals surface area (Å²) >= 11 is 4.20. The Morgan fingerprint density at radius 3 is 2.76 bits per heavy atom. The van der Waals surface area contributed by atoms with E-state index in [4.69, 9.17) is 0 Å². The zero-order chi connectivity index (χ0) is 18.0. The van der Waals surface area contributed by atoms with Crippen LogP contribution in [0, 0.1) is 6.92 Å². The molecule has 0 fully saturated rings. The minimum absolute atomic E-state index is 0.398. The number of aromatic amines is 2. The first kappa shape index (κ1) is 17.5. The number of aryl methyl sites for hydroxylation is 1. The van der Waals surface area contributed by atoms with Gasteiger partial charge in [-0.1, -0.05) is 46.3 Å². The number of halogens is 1. The van der Waals surface area contributed by atoms with Crippen molar-refractivity contribution >= 4 is 53.3 Å². The lowest BCUT2D eigenvalue weighted by molar-refractivity contribution is 1.08. The Labute approximate surface area is 155 Å². The second-order valence-corrected chi connectivity index (χ2v) is 6.21. The van der Waals surface area contributed by atoms with E-state index in [-0.39, 0.29) is 0 Å². The zero-order valence-electron chi connectivity index (χ0n) is 13.6. The predicted octanol–water partition coefficient (Wildman–Crippen LogP) is 3.44. The fourth-order valence-corrected chi connectivity index (χ4v) is 3.70. The van der Waals surface area contributed by atoms with Gasteiger partial charge in [0.15, 0.2) is 5.82 Å². The van der Waals surface area contributed by atoms with E-state index >= 15 is 0 Å². The molecule has 0 atom stereocenters. The molecular weight excluding hydrogens is 404 g/mol. The van der Waals surface area contributed by atoms with Crippen LogP contribution in [0.15, 0.2) is 40.0 Å². The molecule has 0 bridgehead atoms. The number of fused-ring (bicyclic) bond motifs is 3. The van der Waals surface area contributed by atoms with Crippen LogP contribution in [0.2, 0.25) is 0 Å². The number of hydrogen-bond acceptors (Lipinski definition) is 5. The lowest BCUT2D eigenvalue weighted by atomic mass is 10.2. The molecule has 0 aliphatic heterocycles. The molecule has 25 heavy (non-hydrogen) atoms. The number of aromatic nitrogens is 4. The molecule has 0 spiro atoms. The van der Waals surface area contributed by atoms with Crippen molar-refractivity contribution in [2.45, 2.75) is 13.3 Å². The Morgan fingerprint density at radius 1 is 1.16 bits per heavy atom. The summed E-state index contributed by atoms with van der Waals surface area (Å²) in [6, 6.07) is 0. The molecular formula is C17H15BrN4O2S. The number of alkyl halides is 1. The molecule has 128 valence electrons. The summed E-state index contributed by atoms with van der Waals surface area (Å²) in [5.41, 5.74) is 1.27. The Bertz CT molecular complexity index is 1150. The Hall–Kier alpha value is -2.32. The van der Waals surface area contributed by atoms with Crippen molar-refractivity contribution in [3.8, 4) is 0 Å². The number of rotatable bonds is 1. The molecule has 0 radical (unpaired) electrons. The lowest BCUT2D eigenvalue weighted by Crippen LogP contribution is -2.20. The maximum Gasteiger partial charge on any atom is 0.326 e. The number of thiophene rings is 1. The highest BCUT2D eigenvalue weighted by atomic mass is 79.9. The number of allylic oxidation sites excluding steroid dienone is 6. The van der Waals surface area contributed by atoms with Crippen molar-refractivity contribution in [1.82, 2.24) is 19.9 Å². The number of H-pyrrole nitrogens is 2. The Balaban J connectivity index is 0.000000880. The standard InChI is InChI=1S/C16H12N4O2S.CH3Br/c1-8-10-11-12(14(21)20-16(22)18-11)23-15(10)19-13(17-8)9-6-4-2-3-5-7-9;1-2/h2-4,6-7H,5H2,1H3,(H2,18,20,21,22);1H3. The number of nitrogens with zero attached hydrogens (tertiary/aromatic N) is 2. The van der Waals surface area contributed by atoms with Crippen LogP contribution < -0.4 is 11.2 Å². The molecule has 8 heteroatoms. The summed E-state index contributed by atoms with van der Waals surface area (Å²) in [5, 5.41) is 0.730. The molecule has 3 aromatic rings. The van der Waals surface area contributed by atoms with Crippen LogP contribution in [0.4, 0.5) is 0 Å². The van der Waals surface area contributed by atoms with Crippen LogP contribution in [0.25, 0.3) is 26.0 Å². The monoisotopic (exact) mass is 418 g/mol. The largest absolute Gasteiger partial charge is 0.326 e. The minimum atomic E-state index is -0.522. The van der Waals surface area contributed by atoms with Crippen molar-refractivity contribution in [3.05, 3.63) is 62.7 Å². The summed E-state index contributed by atoms with van der Waals surface area (Å²) in [6.45, 7) is 1.86. The molecule has 0 unspecified atom stereocenters. The highest BCUT2D eigenvalue weighted by molar-refractivity contribution is 9.08. The van der Waals surface area contributed by atoms with Crippen LogP contribution in [0.5, 0.6) is 0 Å². The minimum Gasteiger partial charge on any atom is -0.305 e. The van der Waals surface area contributed by atoms with E-state index in [0.29, 0.717) is 20.9 Å². The van der Waals surface area contributed by atoms with E-state index in [2.05, 4.69) is 48.0 Å². The van der Waals surface area contributed by atoms with E-state index < -0.39 is 11.2 Å². The molecule has 1 aliphatic carbocycles. The third kappa shape index (κ3) is 3.27. The second kappa shape index (κ2) is 7.28. The average molecular weight is 419 g/mol. The van der Waals surface area contributed by atoms with Crippen molar-refractivity contribution in [3.63, 3.8) is 0 Å². The van der Waals surface area contributed by atoms with Gasteiger partial charge < -0.3 is 4.98 Å². The first-order chi connectivity index (χ1) is 12.1. The van der Waals surface area contributed by atoms with Gasteiger partial charge in [0.25, 0.3) is 5.56 Å². The van der Waals surface area contributed by atoms with Gasteiger partial charge in [-0.2, -0.15) is 0 Å². The maximum atomic E-state index is 12.0. The molecule has 0 saturated carbocycles. The summed E-state index contributed by atoms with van der Waals surface area (Å²) in [6.07, 6.45) is 10.8. The molecule has 6 nitrogen and oxygen atoms in total. The molecule has 0 saturated heterocycles. The van der Waals surface area contributed by atoms with Crippen LogP contribution >= 0.6 is 27.3 Å². The van der Waals surface area contributed by atoms with Gasteiger partial charge >= 0.3 is 5.69 Å². The van der Waals surface area contributed by atoms with Crippen molar-refractivity contribution in [2.24, 2.45) is 0 Å². The summed E-state index contributed by atoms with van der Waals surface area (Å²) in [5.74, 6) is 2.44. The average Bonchev–Trinajstić information content (AvgIpc) is 2.79. The van der Waals surface area contributed by atoms with E-state index in [1.165, 1.54) is 11.3 Å². The predicted molar refractivity (Wildman–Crippen MR) is 107 cm³/mol. The summed E-state index contributed by atoms with van der Waals surface area (Å²) < 4.78 is 0.459. The molecule has 2 N–H and O–H groups in total. The number of nitrogens with one attached hydrogen (secondary N) is 2. The van der Waals surface area contributed by atoms with Gasteiger partial charge in [-0.15, -0.1) is 11.3 Å². The summed E-state index contributed by atoms with van der Waals surface area (Å²) in [4.78, 5) is 38.3. The van der Waals surface area contributed by atoms with Crippen molar-refractivity contribution in [1.29, 1.82) is 0 Å². The van der Waals surface area contributed by atoms with E-state index in [1.54, 1.807) is 0 Å². The van der Waals surface area contributed by atoms with Crippen LogP contribution in [-0.4, -0.2) is 25.8 Å². The Kier molecular flexibility index (Phi) is 5.10. The molecule has 1 aliphatic rings. The SMILES string of the molecule is CBr.Cc1nc(C2=CCC=CC=C2)nc2sc3c(=O)[nH]c(=O)[nH]c3c12. The van der Waals surface area contributed by atoms with Gasteiger partial charge in [0.1, 0.15) is 9.53 Å². The third-order valence-electron chi connectivity index (χ3n) is 3.66. The third-order valence-corrected chi connectivity index (χ3v) is 4.74. The van der Waals surface area contributed by atoms with Gasteiger partial charge in [0.05, 0.1) is 16.6 Å². The van der Waals surface area contributed by atoms with Gasteiger partial charge in [-0.05, 0) is 19.2 Å². The highest BCUT2D eigenvalue weighted by Crippen LogP contribution is 2.31. The molecule has 4 rings (SSSR count). The van der Waals surface area contributed by atoms with Crippen LogP contribution in [0.1, 0.15) is 17.9 Å². The smallest absolute Gasteiger partial charge is 0.305 e. The topological polar surface area (TPSA) is 91.5 Å². The first-order valence-electron chi connectivity index (χ1n) is 7.48. The zero-order valence-corrected chi connectivity index (χ0v) is 16.0. The van der Waals surface area contributed by atoms with E-state index in [0.717, 1.165) is 23.1 Å². The van der Waals surface area contributed by atoms with Crippen molar-refractivity contribution in [2.75, 3.05) is 5.83 Å². The molecule has 3 heterocycles. The van der Waals surface area contributed by atoms with E-state index in [9.17, 15) is 9.59 Å². The second-order valence-electron chi connectivity index (χ2n) is 5.21. The maximum absolute atomic E-state index is 12.0. The van der Waals surface area contributed by atoms with Crippen molar-refractivity contribution < 1.29 is 0 Å². The normalized spacial score (nSPS) is 13.5. The van der Waals surface area contributed by atoms with E-state index in [1.807, 2.05) is 31.0 Å². The Morgan fingerprint density at radius 2 is 1.96 bits per heavy atom. The van der Waals surface area contributed by atoms with Gasteiger partial charge in [0, 0.05) is 5.57 Å². The molecule has 0 aromatic carbocycles. The molecule has 3 aromatic heterocycles. The van der Waals surface area contributed by atoms with Crippen LogP contribution in [-0.2, 0) is 0 Å². The van der Waals surface area contributed by atoms with Gasteiger partial charge in [-0.3, -0.25) is 9.78 Å².